The summed E-state index contributed by atoms with van der Waals surface area (Å²) < 4.78 is 0.914. The zero-order valence-electron chi connectivity index (χ0n) is 13.8. The Bertz CT molecular complexity index is 790. The van der Waals surface area contributed by atoms with E-state index in [1.807, 2.05) is 9.91 Å². The van der Waals surface area contributed by atoms with Gasteiger partial charge in [-0.05, 0) is 34.8 Å². The van der Waals surface area contributed by atoms with Crippen LogP contribution in [0, 0.1) is 4.91 Å². The maximum atomic E-state index is 12.6. The third-order valence-corrected chi connectivity index (χ3v) is 4.63. The molecule has 1 aromatic rings. The molecule has 0 bridgehead atoms. The number of unbranched alkanes of at least 4 members (excludes halogenated alkanes) is 2. The Balaban J connectivity index is 1.77. The van der Waals surface area contributed by atoms with Crippen LogP contribution in [0.4, 0.5) is 0 Å². The number of nitrogens with one attached hydrogen (secondary N) is 1. The second-order valence-corrected chi connectivity index (χ2v) is 6.75. The molecule has 0 aliphatic carbocycles. The maximum Gasteiger partial charge on any atom is 0.353 e. The van der Waals surface area contributed by atoms with E-state index in [2.05, 4.69) is 48.2 Å². The smallest absolute Gasteiger partial charge is 0.245 e. The molecule has 4 heterocycles. The minimum Gasteiger partial charge on any atom is -0.245 e. The van der Waals surface area contributed by atoms with Crippen molar-refractivity contribution in [2.45, 2.75) is 31.3 Å². The average molecular weight is 406 g/mol. The first-order chi connectivity index (χ1) is 12.2. The Hall–Kier alpha value is -2.20. The van der Waals surface area contributed by atoms with Crippen molar-refractivity contribution in [3.05, 3.63) is 40.7 Å². The summed E-state index contributed by atoms with van der Waals surface area (Å²) in [4.78, 5) is 31.8. The topological polar surface area (TPSA) is 89.1 Å². The van der Waals surface area contributed by atoms with Crippen molar-refractivity contribution in [2.24, 2.45) is 9.98 Å². The van der Waals surface area contributed by atoms with Gasteiger partial charge in [0.05, 0.1) is 12.2 Å². The number of allylic oxidation sites excluding steroid dienone is 1. The van der Waals surface area contributed by atoms with Crippen molar-refractivity contribution in [1.29, 1.82) is 0 Å². The van der Waals surface area contributed by atoms with E-state index in [1.165, 1.54) is 6.33 Å². The van der Waals surface area contributed by atoms with Crippen LogP contribution in [-0.4, -0.2) is 54.6 Å². The Morgan fingerprint density at radius 2 is 2.32 bits per heavy atom. The van der Waals surface area contributed by atoms with Crippen LogP contribution in [0.15, 0.2) is 40.1 Å². The molecule has 1 unspecified atom stereocenters. The number of aromatic nitrogens is 2. The number of rotatable bonds is 5. The van der Waals surface area contributed by atoms with E-state index >= 15 is 0 Å². The van der Waals surface area contributed by atoms with E-state index in [1.54, 1.807) is 12.3 Å². The van der Waals surface area contributed by atoms with E-state index in [0.29, 0.717) is 28.9 Å². The first-order valence-electron chi connectivity index (χ1n) is 8.26. The van der Waals surface area contributed by atoms with Crippen molar-refractivity contribution in [3.8, 4) is 0 Å². The lowest BCUT2D eigenvalue weighted by molar-refractivity contribution is -0.512. The number of halogens is 1. The number of nitrogens with zero attached hydrogens (tertiary/aromatic N) is 7. The van der Waals surface area contributed by atoms with Crippen LogP contribution >= 0.6 is 15.9 Å². The molecule has 0 saturated heterocycles. The van der Waals surface area contributed by atoms with Crippen LogP contribution < -0.4 is 5.43 Å². The fraction of sp³-hybridized carbons (Fsp3) is 0.467. The van der Waals surface area contributed by atoms with Crippen LogP contribution in [0.5, 0.6) is 0 Å². The largest absolute Gasteiger partial charge is 0.353 e. The van der Waals surface area contributed by atoms with Gasteiger partial charge in [-0.2, -0.15) is 15.3 Å². The highest BCUT2D eigenvalue weighted by Crippen LogP contribution is 2.34. The molecule has 130 valence electrons. The molecule has 1 N–H and O–H groups in total. The number of fused-ring (bicyclic) bond motifs is 2. The first-order valence-corrected chi connectivity index (χ1v) is 9.18. The van der Waals surface area contributed by atoms with Gasteiger partial charge in [0.1, 0.15) is 12.0 Å². The van der Waals surface area contributed by atoms with Crippen LogP contribution in [0.25, 0.3) is 0 Å². The molecule has 1 atom stereocenters. The second-order valence-electron chi connectivity index (χ2n) is 5.88. The molecular weight excluding hydrogens is 388 g/mol. The predicted octanol–water partition coefficient (Wildman–Crippen LogP) is 1.55. The third kappa shape index (κ3) is 2.74. The summed E-state index contributed by atoms with van der Waals surface area (Å²) in [5.41, 5.74) is 5.26. The van der Waals surface area contributed by atoms with E-state index in [9.17, 15) is 4.91 Å². The molecule has 1 aromatic heterocycles. The Morgan fingerprint density at radius 3 is 3.08 bits per heavy atom. The van der Waals surface area contributed by atoms with Crippen molar-refractivity contribution >= 4 is 27.6 Å². The number of hydrogen-bond donors (Lipinski definition) is 1. The molecule has 0 amide bonds. The van der Waals surface area contributed by atoms with Gasteiger partial charge in [-0.25, -0.2) is 20.0 Å². The van der Waals surface area contributed by atoms with Gasteiger partial charge < -0.3 is 0 Å². The Kier molecular flexibility index (Phi) is 4.30. The van der Waals surface area contributed by atoms with Gasteiger partial charge in [0, 0.05) is 11.0 Å². The molecule has 25 heavy (non-hydrogen) atoms. The molecule has 0 aromatic carbocycles. The standard InChI is InChI=1S/C15H18BrN8O/c1-2-3-4-7-22-13-12(24-15(22)20-14(16)21-24)11(19-9-23(13)25)10-5-6-17-8-18-10/h5-6,8,14,21H,2-4,7,9H2,1H3/q+1. The molecule has 0 radical (unpaired) electrons. The maximum absolute atomic E-state index is 12.6. The molecule has 0 fully saturated rings. The lowest BCUT2D eigenvalue weighted by atomic mass is 10.1. The molecule has 0 saturated carbocycles. The Morgan fingerprint density at radius 1 is 1.44 bits per heavy atom. The highest BCUT2D eigenvalue weighted by Gasteiger charge is 2.52. The van der Waals surface area contributed by atoms with Gasteiger partial charge in [-0.3, -0.25) is 0 Å². The molecule has 0 spiro atoms. The number of nitroso groups, excluding NO2 is 1. The van der Waals surface area contributed by atoms with Crippen LogP contribution in [-0.2, 0) is 0 Å². The highest BCUT2D eigenvalue weighted by molar-refractivity contribution is 9.09. The zero-order valence-corrected chi connectivity index (χ0v) is 15.3. The molecule has 3 aliphatic rings. The lowest BCUT2D eigenvalue weighted by Gasteiger charge is -2.17. The second kappa shape index (κ2) is 6.60. The van der Waals surface area contributed by atoms with Gasteiger partial charge in [0.15, 0.2) is 10.8 Å². The van der Waals surface area contributed by atoms with Gasteiger partial charge >= 0.3 is 11.8 Å². The molecule has 4 rings (SSSR count). The lowest BCUT2D eigenvalue weighted by Crippen LogP contribution is -2.41. The summed E-state index contributed by atoms with van der Waals surface area (Å²) in [5.74, 6) is 1.29. The Labute approximate surface area is 153 Å². The predicted molar refractivity (Wildman–Crippen MR) is 95.4 cm³/mol. The molecular formula is C15H18BrN8O+. The summed E-state index contributed by atoms with van der Waals surface area (Å²) in [5, 5.41) is 1.59. The number of guanidine groups is 1. The van der Waals surface area contributed by atoms with Crippen LogP contribution in [0.2, 0.25) is 0 Å². The van der Waals surface area contributed by atoms with Crippen LogP contribution in [0.1, 0.15) is 31.9 Å². The summed E-state index contributed by atoms with van der Waals surface area (Å²) in [6.45, 7) is 2.94. The third-order valence-electron chi connectivity index (χ3n) is 4.22. The van der Waals surface area contributed by atoms with Gasteiger partial charge in [-0.1, -0.05) is 18.3 Å². The van der Waals surface area contributed by atoms with Crippen molar-refractivity contribution in [2.75, 3.05) is 13.2 Å². The highest BCUT2D eigenvalue weighted by atomic mass is 79.9. The van der Waals surface area contributed by atoms with E-state index in [-0.39, 0.29) is 11.7 Å². The number of hydrogen-bond acceptors (Lipinski definition) is 8. The first kappa shape index (κ1) is 16.3. The van der Waals surface area contributed by atoms with Gasteiger partial charge in [-0.15, -0.1) is 0 Å². The SMILES string of the molecule is CCCCCN1C2=NC(Br)NN2C2=C1[N+](=O)CN=C2c1ccncn1. The average Bonchev–Trinajstić information content (AvgIpc) is 3.13. The quantitative estimate of drug-likeness (QED) is 0.346. The van der Waals surface area contributed by atoms with Gasteiger partial charge in [0.2, 0.25) is 6.67 Å². The van der Waals surface area contributed by atoms with E-state index in [0.717, 1.165) is 30.6 Å². The minimum absolute atomic E-state index is 0.0430. The van der Waals surface area contributed by atoms with Crippen molar-refractivity contribution in [1.82, 2.24) is 25.3 Å². The molecule has 10 heteroatoms. The van der Waals surface area contributed by atoms with Crippen LogP contribution in [0.3, 0.4) is 0 Å². The van der Waals surface area contributed by atoms with Crippen molar-refractivity contribution < 1.29 is 4.76 Å². The molecule has 3 aliphatic heterocycles. The normalized spacial score (nSPS) is 22.2. The fourth-order valence-corrected chi connectivity index (χ4v) is 3.52. The summed E-state index contributed by atoms with van der Waals surface area (Å²) >= 11 is 3.46. The van der Waals surface area contributed by atoms with Crippen molar-refractivity contribution in [3.63, 3.8) is 0 Å². The van der Waals surface area contributed by atoms with E-state index < -0.39 is 0 Å². The summed E-state index contributed by atoms with van der Waals surface area (Å²) in [6.07, 6.45) is 6.35. The number of alkyl halides is 1. The number of aliphatic imine (C=N–C) groups is 2. The summed E-state index contributed by atoms with van der Waals surface area (Å²) in [7, 11) is 0. The monoisotopic (exact) mass is 405 g/mol. The zero-order chi connectivity index (χ0) is 17.4. The van der Waals surface area contributed by atoms with E-state index in [4.69, 9.17) is 0 Å². The fourth-order valence-electron chi connectivity index (χ4n) is 3.13. The minimum atomic E-state index is -0.237. The van der Waals surface area contributed by atoms with Gasteiger partial charge in [0.25, 0.3) is 0 Å². The summed E-state index contributed by atoms with van der Waals surface area (Å²) in [6, 6.07) is 1.79. The molecule has 9 nitrogen and oxygen atoms in total. The number of hydrazine groups is 1.